The number of carbonyl (C=O) groups excluding carboxylic acids is 1. The first-order valence-corrected chi connectivity index (χ1v) is 8.97. The summed E-state index contributed by atoms with van der Waals surface area (Å²) in [7, 11) is 0. The molecule has 1 amide bonds. The maximum atomic E-state index is 12.4. The summed E-state index contributed by atoms with van der Waals surface area (Å²) in [5.74, 6) is 0.637. The lowest BCUT2D eigenvalue weighted by Crippen LogP contribution is -2.49. The average molecular weight is 333 g/mol. The van der Waals surface area contributed by atoms with E-state index in [1.54, 1.807) is 24.0 Å². The molecular weight excluding hydrogens is 310 g/mol. The first kappa shape index (κ1) is 16.1. The van der Waals surface area contributed by atoms with Gasteiger partial charge in [-0.3, -0.25) is 14.4 Å². The summed E-state index contributed by atoms with van der Waals surface area (Å²) in [6, 6.07) is 3.97. The van der Waals surface area contributed by atoms with E-state index in [1.165, 1.54) is 11.3 Å². The summed E-state index contributed by atoms with van der Waals surface area (Å²) in [4.78, 5) is 19.9. The molecule has 124 valence electrons. The molecule has 1 aliphatic rings. The van der Waals surface area contributed by atoms with Gasteiger partial charge in [-0.25, -0.2) is 4.98 Å². The van der Waals surface area contributed by atoms with Crippen LogP contribution in [0.25, 0.3) is 0 Å². The van der Waals surface area contributed by atoms with Gasteiger partial charge in [0, 0.05) is 18.0 Å². The molecule has 1 N–H and O–H groups in total. The van der Waals surface area contributed by atoms with Gasteiger partial charge in [0.05, 0.1) is 12.6 Å². The second-order valence-electron chi connectivity index (χ2n) is 6.09. The van der Waals surface area contributed by atoms with Crippen molar-refractivity contribution < 1.29 is 4.79 Å². The standard InChI is InChI=1S/C16H23N5OS/c1-13(16(22)18-8-15-5-3-7-23-15)20-6-2-4-14(9-20)10-21-12-17-11-19-21/h3,5,7,11-14H,2,4,6,8-10H2,1H3,(H,18,22)/t13-,14+/m1/s1. The Bertz CT molecular complexity index is 598. The smallest absolute Gasteiger partial charge is 0.237 e. The first-order valence-electron chi connectivity index (χ1n) is 8.09. The van der Waals surface area contributed by atoms with Crippen LogP contribution in [-0.4, -0.2) is 44.7 Å². The third kappa shape index (κ3) is 4.39. The number of carbonyl (C=O) groups is 1. The average Bonchev–Trinajstić information content (AvgIpc) is 3.25. The van der Waals surface area contributed by atoms with Crippen LogP contribution >= 0.6 is 11.3 Å². The molecule has 23 heavy (non-hydrogen) atoms. The zero-order chi connectivity index (χ0) is 16.1. The molecule has 0 unspecified atom stereocenters. The minimum atomic E-state index is -0.0893. The van der Waals surface area contributed by atoms with Crippen LogP contribution in [0.15, 0.2) is 30.2 Å². The van der Waals surface area contributed by atoms with Crippen LogP contribution in [0.3, 0.4) is 0 Å². The van der Waals surface area contributed by atoms with Gasteiger partial charge in [0.15, 0.2) is 0 Å². The van der Waals surface area contributed by atoms with Crippen LogP contribution in [0.2, 0.25) is 0 Å². The van der Waals surface area contributed by atoms with Crippen LogP contribution in [0.1, 0.15) is 24.6 Å². The zero-order valence-corrected chi connectivity index (χ0v) is 14.2. The fourth-order valence-corrected chi connectivity index (χ4v) is 3.74. The Labute approximate surface area is 140 Å². The number of rotatable bonds is 6. The Morgan fingerprint density at radius 1 is 1.57 bits per heavy atom. The molecule has 3 rings (SSSR count). The molecule has 1 saturated heterocycles. The number of nitrogens with one attached hydrogen (secondary N) is 1. The van der Waals surface area contributed by atoms with Crippen molar-refractivity contribution in [2.75, 3.05) is 13.1 Å². The summed E-state index contributed by atoms with van der Waals surface area (Å²) in [6.45, 7) is 5.42. The SMILES string of the molecule is C[C@H](C(=O)NCc1cccs1)N1CCC[C@H](Cn2cncn2)C1. The normalized spacial score (nSPS) is 20.3. The zero-order valence-electron chi connectivity index (χ0n) is 13.4. The van der Waals surface area contributed by atoms with Gasteiger partial charge >= 0.3 is 0 Å². The molecule has 0 bridgehead atoms. The molecule has 2 aromatic rings. The molecule has 0 saturated carbocycles. The summed E-state index contributed by atoms with van der Waals surface area (Å²) in [5.41, 5.74) is 0. The van der Waals surface area contributed by atoms with Crippen molar-refractivity contribution in [3.63, 3.8) is 0 Å². The first-order chi connectivity index (χ1) is 11.2. The largest absolute Gasteiger partial charge is 0.350 e. The highest BCUT2D eigenvalue weighted by molar-refractivity contribution is 7.09. The number of piperidine rings is 1. The monoisotopic (exact) mass is 333 g/mol. The number of amides is 1. The molecule has 0 aromatic carbocycles. The van der Waals surface area contributed by atoms with E-state index >= 15 is 0 Å². The quantitative estimate of drug-likeness (QED) is 0.875. The number of likely N-dealkylation sites (tertiary alicyclic amines) is 1. The lowest BCUT2D eigenvalue weighted by atomic mass is 9.96. The van der Waals surface area contributed by atoms with Crippen molar-refractivity contribution in [2.24, 2.45) is 5.92 Å². The molecule has 0 radical (unpaired) electrons. The Kier molecular flexibility index (Phi) is 5.40. The minimum absolute atomic E-state index is 0.0893. The van der Waals surface area contributed by atoms with Gasteiger partial charge in [-0.2, -0.15) is 5.10 Å². The van der Waals surface area contributed by atoms with Gasteiger partial charge in [-0.05, 0) is 43.7 Å². The van der Waals surface area contributed by atoms with Crippen molar-refractivity contribution in [3.8, 4) is 0 Å². The van der Waals surface area contributed by atoms with E-state index in [0.29, 0.717) is 12.5 Å². The lowest BCUT2D eigenvalue weighted by molar-refractivity contribution is -0.126. The van der Waals surface area contributed by atoms with E-state index in [0.717, 1.165) is 26.1 Å². The van der Waals surface area contributed by atoms with Crippen LogP contribution < -0.4 is 5.32 Å². The van der Waals surface area contributed by atoms with E-state index < -0.39 is 0 Å². The third-order valence-corrected chi connectivity index (χ3v) is 5.28. The number of hydrogen-bond acceptors (Lipinski definition) is 5. The van der Waals surface area contributed by atoms with Crippen molar-refractivity contribution in [3.05, 3.63) is 35.0 Å². The lowest BCUT2D eigenvalue weighted by Gasteiger charge is -2.36. The Morgan fingerprint density at radius 2 is 2.48 bits per heavy atom. The fraction of sp³-hybridized carbons (Fsp3) is 0.562. The van der Waals surface area contributed by atoms with Crippen molar-refractivity contribution in [1.29, 1.82) is 0 Å². The highest BCUT2D eigenvalue weighted by Crippen LogP contribution is 2.20. The summed E-state index contributed by atoms with van der Waals surface area (Å²) < 4.78 is 1.88. The molecule has 7 heteroatoms. The number of thiophene rings is 1. The van der Waals surface area contributed by atoms with E-state index in [9.17, 15) is 4.79 Å². The molecule has 2 aromatic heterocycles. The molecule has 2 atom stereocenters. The molecule has 0 aliphatic carbocycles. The van der Waals surface area contributed by atoms with E-state index in [1.807, 2.05) is 29.1 Å². The highest BCUT2D eigenvalue weighted by atomic mass is 32.1. The second kappa shape index (κ2) is 7.70. The van der Waals surface area contributed by atoms with Crippen LogP contribution in [0.4, 0.5) is 0 Å². The van der Waals surface area contributed by atoms with Gasteiger partial charge in [-0.15, -0.1) is 11.3 Å². The molecule has 1 aliphatic heterocycles. The Hall–Kier alpha value is -1.73. The van der Waals surface area contributed by atoms with Gasteiger partial charge in [-0.1, -0.05) is 6.07 Å². The molecule has 6 nitrogen and oxygen atoms in total. The van der Waals surface area contributed by atoms with Crippen molar-refractivity contribution in [2.45, 2.75) is 38.9 Å². The van der Waals surface area contributed by atoms with Gasteiger partial charge in [0.25, 0.3) is 0 Å². The minimum Gasteiger partial charge on any atom is -0.350 e. The van der Waals surface area contributed by atoms with E-state index in [-0.39, 0.29) is 11.9 Å². The predicted molar refractivity (Wildman–Crippen MR) is 89.9 cm³/mol. The predicted octanol–water partition coefficient (Wildman–Crippen LogP) is 1.76. The molecule has 1 fully saturated rings. The molecule has 0 spiro atoms. The number of hydrogen-bond donors (Lipinski definition) is 1. The highest BCUT2D eigenvalue weighted by Gasteiger charge is 2.27. The van der Waals surface area contributed by atoms with E-state index in [4.69, 9.17) is 0 Å². The van der Waals surface area contributed by atoms with Gasteiger partial charge in [0.2, 0.25) is 5.91 Å². The third-order valence-electron chi connectivity index (χ3n) is 4.41. The second-order valence-corrected chi connectivity index (χ2v) is 7.13. The van der Waals surface area contributed by atoms with Crippen LogP contribution in [-0.2, 0) is 17.9 Å². The van der Waals surface area contributed by atoms with Gasteiger partial charge < -0.3 is 5.32 Å². The maximum absolute atomic E-state index is 12.4. The van der Waals surface area contributed by atoms with Crippen molar-refractivity contribution in [1.82, 2.24) is 25.0 Å². The summed E-state index contributed by atoms with van der Waals surface area (Å²) in [5, 5.41) is 9.26. The maximum Gasteiger partial charge on any atom is 0.237 e. The van der Waals surface area contributed by atoms with Crippen LogP contribution in [0, 0.1) is 5.92 Å². The van der Waals surface area contributed by atoms with Gasteiger partial charge in [0.1, 0.15) is 12.7 Å². The Morgan fingerprint density at radius 3 is 3.22 bits per heavy atom. The topological polar surface area (TPSA) is 63.1 Å². The fourth-order valence-electron chi connectivity index (χ4n) is 3.09. The van der Waals surface area contributed by atoms with E-state index in [2.05, 4.69) is 20.3 Å². The summed E-state index contributed by atoms with van der Waals surface area (Å²) >= 11 is 1.67. The molecule has 3 heterocycles. The van der Waals surface area contributed by atoms with Crippen molar-refractivity contribution >= 4 is 17.2 Å². The van der Waals surface area contributed by atoms with Crippen LogP contribution in [0.5, 0.6) is 0 Å². The summed E-state index contributed by atoms with van der Waals surface area (Å²) in [6.07, 6.45) is 5.64. The number of aromatic nitrogens is 3. The number of nitrogens with zero attached hydrogens (tertiary/aromatic N) is 4. The molecular formula is C16H23N5OS. The Balaban J connectivity index is 1.49.